The van der Waals surface area contributed by atoms with Gasteiger partial charge in [-0.2, -0.15) is 0 Å². The Labute approximate surface area is 172 Å². The second-order valence-corrected chi connectivity index (χ2v) is 9.09. The van der Waals surface area contributed by atoms with E-state index in [0.29, 0.717) is 11.1 Å². The third-order valence-corrected chi connectivity index (χ3v) is 4.24. The van der Waals surface area contributed by atoms with Crippen LogP contribution in [0.1, 0.15) is 59.1 Å². The predicted octanol–water partition coefficient (Wildman–Crippen LogP) is 4.03. The van der Waals surface area contributed by atoms with E-state index in [4.69, 9.17) is 4.74 Å². The van der Waals surface area contributed by atoms with E-state index in [9.17, 15) is 14.7 Å². The van der Waals surface area contributed by atoms with Gasteiger partial charge in [0.15, 0.2) is 0 Å². The fourth-order valence-corrected chi connectivity index (χ4v) is 2.79. The van der Waals surface area contributed by atoms with Gasteiger partial charge in [0.05, 0.1) is 6.42 Å². The number of nitrogens with one attached hydrogen (secondary N) is 1. The molecule has 0 radical (unpaired) electrons. The van der Waals surface area contributed by atoms with Gasteiger partial charge in [0.1, 0.15) is 17.0 Å². The number of aliphatic hydroxyl groups is 1. The fourth-order valence-electron chi connectivity index (χ4n) is 2.79. The number of aromatic nitrogens is 1. The molecule has 156 valence electrons. The minimum Gasteiger partial charge on any atom is -0.460 e. The van der Waals surface area contributed by atoms with Gasteiger partial charge in [-0.3, -0.25) is 9.59 Å². The standard InChI is InChI=1S/C23H30N2O4/c1-21(2,3)20(27)25-19-17(13-10-14-24-19)23(28,16-11-8-7-9-12-16)15-18(26)29-22(4,5)6/h7-14,28H,15H2,1-6H3,(H,24,25,27). The molecule has 1 unspecified atom stereocenters. The van der Waals surface area contributed by atoms with E-state index in [0.717, 1.165) is 0 Å². The van der Waals surface area contributed by atoms with E-state index >= 15 is 0 Å². The molecule has 1 aromatic heterocycles. The minimum atomic E-state index is -1.72. The Kier molecular flexibility index (Phi) is 6.48. The van der Waals surface area contributed by atoms with Gasteiger partial charge < -0.3 is 15.2 Å². The van der Waals surface area contributed by atoms with Crippen molar-refractivity contribution in [2.24, 2.45) is 5.41 Å². The van der Waals surface area contributed by atoms with Crippen LogP contribution in [0.15, 0.2) is 48.7 Å². The Morgan fingerprint density at radius 1 is 1.00 bits per heavy atom. The summed E-state index contributed by atoms with van der Waals surface area (Å²) >= 11 is 0. The van der Waals surface area contributed by atoms with Gasteiger partial charge in [-0.1, -0.05) is 57.2 Å². The second kappa shape index (κ2) is 8.33. The lowest BCUT2D eigenvalue weighted by Crippen LogP contribution is -2.36. The number of ether oxygens (including phenoxy) is 1. The van der Waals surface area contributed by atoms with Gasteiger partial charge in [-0.15, -0.1) is 0 Å². The largest absolute Gasteiger partial charge is 0.460 e. The summed E-state index contributed by atoms with van der Waals surface area (Å²) in [4.78, 5) is 29.4. The van der Waals surface area contributed by atoms with Crippen LogP contribution in [0.5, 0.6) is 0 Å². The van der Waals surface area contributed by atoms with Gasteiger partial charge in [0.25, 0.3) is 0 Å². The zero-order valence-electron chi connectivity index (χ0n) is 17.9. The molecule has 6 nitrogen and oxygen atoms in total. The highest BCUT2D eigenvalue weighted by Crippen LogP contribution is 2.37. The smallest absolute Gasteiger partial charge is 0.309 e. The summed E-state index contributed by atoms with van der Waals surface area (Å²) < 4.78 is 5.44. The average molecular weight is 399 g/mol. The van der Waals surface area contributed by atoms with E-state index in [1.807, 2.05) is 6.07 Å². The van der Waals surface area contributed by atoms with Crippen molar-refractivity contribution in [2.75, 3.05) is 5.32 Å². The lowest BCUT2D eigenvalue weighted by Gasteiger charge is -2.31. The predicted molar refractivity (Wildman–Crippen MR) is 112 cm³/mol. The molecule has 1 atom stereocenters. The van der Waals surface area contributed by atoms with Crippen molar-refractivity contribution < 1.29 is 19.4 Å². The molecule has 0 saturated carbocycles. The molecule has 2 aromatic rings. The fraction of sp³-hybridized carbons (Fsp3) is 0.435. The van der Waals surface area contributed by atoms with Crippen LogP contribution >= 0.6 is 0 Å². The molecule has 0 aliphatic heterocycles. The number of hydrogen-bond acceptors (Lipinski definition) is 5. The Morgan fingerprint density at radius 2 is 1.62 bits per heavy atom. The van der Waals surface area contributed by atoms with Crippen LogP contribution in [0.4, 0.5) is 5.82 Å². The quantitative estimate of drug-likeness (QED) is 0.742. The first kappa shape index (κ1) is 22.6. The summed E-state index contributed by atoms with van der Waals surface area (Å²) in [5, 5.41) is 14.5. The highest BCUT2D eigenvalue weighted by molar-refractivity contribution is 5.94. The van der Waals surface area contributed by atoms with E-state index in [1.54, 1.807) is 77.9 Å². The summed E-state index contributed by atoms with van der Waals surface area (Å²) in [5.74, 6) is -0.590. The number of hydrogen-bond donors (Lipinski definition) is 2. The number of carbonyl (C=O) groups is 2. The van der Waals surface area contributed by atoms with Crippen LogP contribution in [0.3, 0.4) is 0 Å². The number of pyridine rings is 1. The topological polar surface area (TPSA) is 88.5 Å². The Morgan fingerprint density at radius 3 is 2.17 bits per heavy atom. The number of benzene rings is 1. The second-order valence-electron chi connectivity index (χ2n) is 9.09. The molecule has 0 bridgehead atoms. The number of anilines is 1. The Hall–Kier alpha value is -2.73. The Balaban J connectivity index is 2.53. The highest BCUT2D eigenvalue weighted by atomic mass is 16.6. The number of carbonyl (C=O) groups excluding carboxylic acids is 2. The summed E-state index contributed by atoms with van der Waals surface area (Å²) in [6.45, 7) is 10.7. The molecule has 1 aromatic carbocycles. The number of amides is 1. The van der Waals surface area contributed by atoms with Crippen molar-refractivity contribution in [3.8, 4) is 0 Å². The van der Waals surface area contributed by atoms with Crippen LogP contribution in [-0.2, 0) is 19.9 Å². The summed E-state index contributed by atoms with van der Waals surface area (Å²) in [7, 11) is 0. The van der Waals surface area contributed by atoms with Gasteiger partial charge >= 0.3 is 5.97 Å². The summed E-state index contributed by atoms with van der Waals surface area (Å²) in [6.07, 6.45) is 1.21. The molecule has 6 heteroatoms. The number of rotatable bonds is 5. The van der Waals surface area contributed by atoms with Gasteiger partial charge in [-0.05, 0) is 32.4 Å². The molecular weight excluding hydrogens is 368 g/mol. The van der Waals surface area contributed by atoms with Gasteiger partial charge in [0.2, 0.25) is 5.91 Å². The molecule has 2 N–H and O–H groups in total. The molecule has 1 amide bonds. The first-order chi connectivity index (χ1) is 13.3. The van der Waals surface area contributed by atoms with Crippen molar-refractivity contribution in [1.82, 2.24) is 4.98 Å². The van der Waals surface area contributed by atoms with Crippen LogP contribution in [0.25, 0.3) is 0 Å². The molecule has 29 heavy (non-hydrogen) atoms. The first-order valence-electron chi connectivity index (χ1n) is 9.60. The van der Waals surface area contributed by atoms with Crippen LogP contribution in [0, 0.1) is 5.41 Å². The molecule has 2 rings (SSSR count). The van der Waals surface area contributed by atoms with Crippen molar-refractivity contribution in [3.05, 3.63) is 59.8 Å². The molecule has 0 aliphatic carbocycles. The molecular formula is C23H30N2O4. The Bertz CT molecular complexity index is 866. The monoisotopic (exact) mass is 398 g/mol. The zero-order chi connectivity index (χ0) is 21.9. The summed E-state index contributed by atoms with van der Waals surface area (Å²) in [6, 6.07) is 12.1. The average Bonchev–Trinajstić information content (AvgIpc) is 2.60. The van der Waals surface area contributed by atoms with Crippen LogP contribution in [-0.4, -0.2) is 27.6 Å². The maximum Gasteiger partial charge on any atom is 0.309 e. The zero-order valence-corrected chi connectivity index (χ0v) is 17.9. The lowest BCUT2D eigenvalue weighted by molar-refractivity contribution is -0.159. The maximum atomic E-state index is 12.6. The van der Waals surface area contributed by atoms with E-state index in [2.05, 4.69) is 10.3 Å². The molecule has 0 spiro atoms. The van der Waals surface area contributed by atoms with Gasteiger partial charge in [0, 0.05) is 17.2 Å². The molecule has 0 fully saturated rings. The minimum absolute atomic E-state index is 0.210. The maximum absolute atomic E-state index is 12.6. The van der Waals surface area contributed by atoms with Crippen molar-refractivity contribution in [1.29, 1.82) is 0 Å². The third-order valence-electron chi connectivity index (χ3n) is 4.24. The normalized spacial score (nSPS) is 14.0. The van der Waals surface area contributed by atoms with Crippen molar-refractivity contribution in [2.45, 2.75) is 59.2 Å². The van der Waals surface area contributed by atoms with E-state index < -0.39 is 22.6 Å². The van der Waals surface area contributed by atoms with Crippen molar-refractivity contribution >= 4 is 17.7 Å². The lowest BCUT2D eigenvalue weighted by atomic mass is 9.83. The molecule has 0 saturated heterocycles. The highest BCUT2D eigenvalue weighted by Gasteiger charge is 2.39. The van der Waals surface area contributed by atoms with Crippen LogP contribution < -0.4 is 5.32 Å². The molecule has 1 heterocycles. The number of esters is 1. The molecule has 0 aliphatic rings. The van der Waals surface area contributed by atoms with Crippen LogP contribution in [0.2, 0.25) is 0 Å². The summed E-state index contributed by atoms with van der Waals surface area (Å²) in [5.41, 5.74) is -2.23. The first-order valence-corrected chi connectivity index (χ1v) is 9.60. The van der Waals surface area contributed by atoms with Crippen molar-refractivity contribution in [3.63, 3.8) is 0 Å². The number of nitrogens with zero attached hydrogens (tertiary/aromatic N) is 1. The van der Waals surface area contributed by atoms with E-state index in [1.165, 1.54) is 6.20 Å². The third kappa shape index (κ3) is 5.87. The van der Waals surface area contributed by atoms with E-state index in [-0.39, 0.29) is 18.1 Å². The SMILES string of the molecule is CC(C)(C)OC(=O)CC(O)(c1ccccc1)c1cccnc1NC(=O)C(C)(C)C. The van der Waals surface area contributed by atoms with Gasteiger partial charge in [-0.25, -0.2) is 4.98 Å².